The van der Waals surface area contributed by atoms with E-state index in [2.05, 4.69) is 98.9 Å². The maximum absolute atomic E-state index is 12.6. The van der Waals surface area contributed by atoms with Gasteiger partial charge in [0.2, 0.25) is 0 Å². The number of carbonyl (C=O) groups excluding carboxylic acids is 2. The number of nitrogens with two attached hydrogens (primary N) is 1. The van der Waals surface area contributed by atoms with Gasteiger partial charge in [0.15, 0.2) is 6.10 Å². The molecular formula is C58H102NO8P. The molecule has 0 fully saturated rings. The van der Waals surface area contributed by atoms with E-state index in [9.17, 15) is 19.0 Å². The molecule has 0 saturated heterocycles. The average molecular weight is 972 g/mol. The van der Waals surface area contributed by atoms with Gasteiger partial charge in [-0.05, 0) is 70.6 Å². The van der Waals surface area contributed by atoms with Gasteiger partial charge in [-0.1, -0.05) is 240 Å². The number of unbranched alkanes of at least 4 members (excludes halogenated alkanes) is 24. The molecule has 0 spiro atoms. The third-order valence-electron chi connectivity index (χ3n) is 11.5. The van der Waals surface area contributed by atoms with Crippen LogP contribution in [0.3, 0.4) is 0 Å². The van der Waals surface area contributed by atoms with Gasteiger partial charge in [-0.15, -0.1) is 0 Å². The molecule has 2 unspecified atom stereocenters. The van der Waals surface area contributed by atoms with Crippen molar-refractivity contribution in [2.75, 3.05) is 26.4 Å². The minimum absolute atomic E-state index is 0.0532. The summed E-state index contributed by atoms with van der Waals surface area (Å²) in [4.78, 5) is 34.7. The average Bonchev–Trinajstić information content (AvgIpc) is 3.33. The zero-order chi connectivity index (χ0) is 49.5. The molecule has 392 valence electrons. The molecule has 0 heterocycles. The third kappa shape index (κ3) is 52.6. The van der Waals surface area contributed by atoms with Crippen LogP contribution in [0.4, 0.5) is 0 Å². The van der Waals surface area contributed by atoms with Crippen LogP contribution in [-0.2, 0) is 32.7 Å². The predicted octanol–water partition coefficient (Wildman–Crippen LogP) is 17.1. The lowest BCUT2D eigenvalue weighted by atomic mass is 10.0. The maximum Gasteiger partial charge on any atom is 0.472 e. The van der Waals surface area contributed by atoms with Gasteiger partial charge in [0, 0.05) is 19.4 Å². The number of ether oxygens (including phenoxy) is 2. The van der Waals surface area contributed by atoms with E-state index < -0.39 is 26.5 Å². The highest BCUT2D eigenvalue weighted by Crippen LogP contribution is 2.43. The molecular weight excluding hydrogens is 870 g/mol. The Labute approximate surface area is 417 Å². The quantitative estimate of drug-likeness (QED) is 0.0264. The number of carbonyl (C=O) groups is 2. The molecule has 0 bridgehead atoms. The highest BCUT2D eigenvalue weighted by molar-refractivity contribution is 7.47. The molecule has 0 rings (SSSR count). The normalized spacial score (nSPS) is 13.8. The Morgan fingerprint density at radius 3 is 1.21 bits per heavy atom. The van der Waals surface area contributed by atoms with Crippen LogP contribution in [0.2, 0.25) is 0 Å². The second kappa shape index (κ2) is 53.5. The number of hydrogen-bond acceptors (Lipinski definition) is 8. The summed E-state index contributed by atoms with van der Waals surface area (Å²) in [6, 6.07) is 0. The van der Waals surface area contributed by atoms with E-state index in [1.54, 1.807) is 0 Å². The van der Waals surface area contributed by atoms with Crippen LogP contribution < -0.4 is 5.73 Å². The standard InChI is InChI=1S/C58H102NO8P/c1-3-5-7-9-11-12-13-14-15-16-17-18-19-20-21-22-23-24-25-26-27-28-29-30-31-32-33-34-35-36-37-38-39-40-41-42-43-44-45-47-49-51-58(61)67-56(55-66-68(62,63)65-53-52-59)54-64-57(60)50-48-46-10-8-6-4-2/h5,7,11-12,14-15,17-18,20-21,23-24,26-27,56H,3-4,6,8-10,13,16,19,22,25,28-55,59H2,1-2H3,(H,62,63)/b7-5-,12-11-,15-14-,18-17-,21-20-,24-23-,27-26-. The highest BCUT2D eigenvalue weighted by Gasteiger charge is 2.26. The van der Waals surface area contributed by atoms with E-state index >= 15 is 0 Å². The number of rotatable bonds is 51. The van der Waals surface area contributed by atoms with E-state index in [1.165, 1.54) is 116 Å². The first kappa shape index (κ1) is 65.2. The van der Waals surface area contributed by atoms with Gasteiger partial charge in [0.05, 0.1) is 13.2 Å². The van der Waals surface area contributed by atoms with Gasteiger partial charge < -0.3 is 20.1 Å². The summed E-state index contributed by atoms with van der Waals surface area (Å²) in [5.74, 6) is -0.834. The zero-order valence-corrected chi connectivity index (χ0v) is 44.5. The lowest BCUT2D eigenvalue weighted by Crippen LogP contribution is -2.29. The molecule has 0 amide bonds. The molecule has 9 nitrogen and oxygen atoms in total. The second-order valence-corrected chi connectivity index (χ2v) is 19.5. The fourth-order valence-corrected chi connectivity index (χ4v) is 8.26. The Hall–Kier alpha value is -2.81. The highest BCUT2D eigenvalue weighted by atomic mass is 31.2. The van der Waals surface area contributed by atoms with Crippen molar-refractivity contribution in [3.05, 3.63) is 85.1 Å². The van der Waals surface area contributed by atoms with Gasteiger partial charge in [0.1, 0.15) is 6.61 Å². The lowest BCUT2D eigenvalue weighted by Gasteiger charge is -2.19. The smallest absolute Gasteiger partial charge is 0.462 e. The Kier molecular flexibility index (Phi) is 51.3. The first-order valence-corrected chi connectivity index (χ1v) is 29.1. The summed E-state index contributed by atoms with van der Waals surface area (Å²) < 4.78 is 32.7. The Morgan fingerprint density at radius 1 is 0.456 bits per heavy atom. The van der Waals surface area contributed by atoms with Crippen LogP contribution in [0.1, 0.15) is 239 Å². The van der Waals surface area contributed by atoms with Gasteiger partial charge in [-0.25, -0.2) is 4.57 Å². The van der Waals surface area contributed by atoms with Crippen molar-refractivity contribution >= 4 is 19.8 Å². The molecule has 0 saturated carbocycles. The van der Waals surface area contributed by atoms with Gasteiger partial charge in [-0.3, -0.25) is 18.6 Å². The molecule has 10 heteroatoms. The van der Waals surface area contributed by atoms with Crippen molar-refractivity contribution in [2.45, 2.75) is 245 Å². The van der Waals surface area contributed by atoms with Gasteiger partial charge >= 0.3 is 19.8 Å². The first-order chi connectivity index (χ1) is 33.3. The topological polar surface area (TPSA) is 134 Å². The summed E-state index contributed by atoms with van der Waals surface area (Å²) in [6.45, 7) is 3.55. The van der Waals surface area contributed by atoms with Crippen LogP contribution in [0.25, 0.3) is 0 Å². The van der Waals surface area contributed by atoms with Crippen molar-refractivity contribution in [3.63, 3.8) is 0 Å². The van der Waals surface area contributed by atoms with Crippen molar-refractivity contribution in [2.24, 2.45) is 5.73 Å². The minimum Gasteiger partial charge on any atom is -0.462 e. The molecule has 0 aliphatic rings. The van der Waals surface area contributed by atoms with E-state index in [-0.39, 0.29) is 38.6 Å². The van der Waals surface area contributed by atoms with Gasteiger partial charge in [-0.2, -0.15) is 0 Å². The minimum atomic E-state index is -4.37. The number of hydrogen-bond donors (Lipinski definition) is 2. The second-order valence-electron chi connectivity index (χ2n) is 18.1. The monoisotopic (exact) mass is 972 g/mol. The van der Waals surface area contributed by atoms with E-state index in [1.807, 2.05) is 0 Å². The molecule has 0 aliphatic carbocycles. The van der Waals surface area contributed by atoms with E-state index in [4.69, 9.17) is 24.3 Å². The third-order valence-corrected chi connectivity index (χ3v) is 12.5. The summed E-state index contributed by atoms with van der Waals surface area (Å²) >= 11 is 0. The van der Waals surface area contributed by atoms with E-state index in [0.29, 0.717) is 6.42 Å². The number of phosphoric acid groups is 1. The van der Waals surface area contributed by atoms with Crippen molar-refractivity contribution in [1.82, 2.24) is 0 Å². The number of phosphoric ester groups is 1. The van der Waals surface area contributed by atoms with Crippen molar-refractivity contribution in [1.29, 1.82) is 0 Å². The zero-order valence-electron chi connectivity index (χ0n) is 43.6. The van der Waals surface area contributed by atoms with Gasteiger partial charge in [0.25, 0.3) is 0 Å². The Morgan fingerprint density at radius 2 is 0.809 bits per heavy atom. The van der Waals surface area contributed by atoms with Crippen molar-refractivity contribution in [3.8, 4) is 0 Å². The molecule has 0 radical (unpaired) electrons. The van der Waals surface area contributed by atoms with Crippen molar-refractivity contribution < 1.29 is 37.6 Å². The summed E-state index contributed by atoms with van der Waals surface area (Å²) in [7, 11) is -4.37. The van der Waals surface area contributed by atoms with Crippen LogP contribution >= 0.6 is 7.82 Å². The summed E-state index contributed by atoms with van der Waals surface area (Å²) in [6.07, 6.45) is 69.9. The fourth-order valence-electron chi connectivity index (χ4n) is 7.50. The van der Waals surface area contributed by atoms with Crippen LogP contribution in [-0.4, -0.2) is 49.3 Å². The molecule has 0 aromatic heterocycles. The van der Waals surface area contributed by atoms with E-state index in [0.717, 1.165) is 89.9 Å². The Balaban J connectivity index is 3.71. The summed E-state index contributed by atoms with van der Waals surface area (Å²) in [5, 5.41) is 0. The lowest BCUT2D eigenvalue weighted by molar-refractivity contribution is -0.161. The predicted molar refractivity (Wildman–Crippen MR) is 289 cm³/mol. The molecule has 68 heavy (non-hydrogen) atoms. The van der Waals surface area contributed by atoms with Crippen LogP contribution in [0.15, 0.2) is 85.1 Å². The molecule has 0 aliphatic heterocycles. The molecule has 0 aromatic rings. The summed E-state index contributed by atoms with van der Waals surface area (Å²) in [5.41, 5.74) is 5.34. The Bertz CT molecular complexity index is 1390. The largest absolute Gasteiger partial charge is 0.472 e. The SMILES string of the molecule is CC/C=C\C/C=C\C/C=C\C/C=C\C/C=C\C/C=C\C/C=C\CCCCCCCCCCCCCCCCCCCCCC(=O)OC(COC(=O)CCCCCCCC)COP(=O)(O)OCCN. The first-order valence-electron chi connectivity index (χ1n) is 27.6. The number of esters is 2. The maximum atomic E-state index is 12.6. The molecule has 3 N–H and O–H groups in total. The fraction of sp³-hybridized carbons (Fsp3) is 0.724. The van der Waals surface area contributed by atoms with Crippen LogP contribution in [0.5, 0.6) is 0 Å². The molecule has 0 aromatic carbocycles. The van der Waals surface area contributed by atoms with Crippen LogP contribution in [0, 0.1) is 0 Å². The molecule has 2 atom stereocenters. The number of allylic oxidation sites excluding steroid dienone is 14.